The van der Waals surface area contributed by atoms with Gasteiger partial charge < -0.3 is 20.3 Å². The molecule has 1 aliphatic carbocycles. The highest BCUT2D eigenvalue weighted by Gasteiger charge is 2.41. The molecule has 2 heterocycles. The minimum Gasteiger partial charge on any atom is -0.444 e. The lowest BCUT2D eigenvalue weighted by Crippen LogP contribution is -2.42. The maximum absolute atomic E-state index is 12.8. The van der Waals surface area contributed by atoms with E-state index in [4.69, 9.17) is 4.74 Å². The largest absolute Gasteiger partial charge is 0.444 e. The van der Waals surface area contributed by atoms with Crippen molar-refractivity contribution in [2.75, 3.05) is 23.3 Å². The molecule has 1 saturated carbocycles. The molecule has 0 aromatic carbocycles. The molecule has 1 aromatic heterocycles. The molecular formula is C21H32F3N5O2. The summed E-state index contributed by atoms with van der Waals surface area (Å²) in [6.07, 6.45) is 2.45. The highest BCUT2D eigenvalue weighted by molar-refractivity contribution is 5.68. The van der Waals surface area contributed by atoms with Crippen molar-refractivity contribution in [2.45, 2.75) is 83.2 Å². The van der Waals surface area contributed by atoms with E-state index in [9.17, 15) is 18.0 Å². The van der Waals surface area contributed by atoms with Gasteiger partial charge in [-0.05, 0) is 59.3 Å². The van der Waals surface area contributed by atoms with Gasteiger partial charge in [-0.3, -0.25) is 0 Å². The molecule has 174 valence electrons. The lowest BCUT2D eigenvalue weighted by molar-refractivity contribution is -0.179. The Hall–Kier alpha value is -2.26. The average Bonchev–Trinajstić information content (AvgIpc) is 2.68. The van der Waals surface area contributed by atoms with Gasteiger partial charge in [0.2, 0.25) is 5.95 Å². The van der Waals surface area contributed by atoms with Crippen molar-refractivity contribution in [3.63, 3.8) is 0 Å². The number of piperidine rings is 1. The van der Waals surface area contributed by atoms with Crippen LogP contribution in [-0.4, -0.2) is 53.0 Å². The number of hydrogen-bond donors (Lipinski definition) is 2. The van der Waals surface area contributed by atoms with Gasteiger partial charge in [-0.2, -0.15) is 13.2 Å². The SMILES string of the molecule is CC(C)(C)OC(=O)NC1CCC(Nc2ncc(N3CCC(C(F)(F)F)CC3)cn2)CC1. The topological polar surface area (TPSA) is 79.4 Å². The van der Waals surface area contributed by atoms with Gasteiger partial charge in [0.25, 0.3) is 0 Å². The lowest BCUT2D eigenvalue weighted by Gasteiger charge is -2.34. The Balaban J connectivity index is 1.42. The number of halogens is 3. The number of alkyl carbamates (subject to hydrolysis) is 1. The third kappa shape index (κ3) is 7.14. The first kappa shape index (κ1) is 23.4. The van der Waals surface area contributed by atoms with E-state index in [0.717, 1.165) is 31.4 Å². The molecule has 1 saturated heterocycles. The molecule has 1 aromatic rings. The van der Waals surface area contributed by atoms with Crippen LogP contribution in [0.4, 0.5) is 29.6 Å². The number of amides is 1. The summed E-state index contributed by atoms with van der Waals surface area (Å²) in [4.78, 5) is 22.5. The van der Waals surface area contributed by atoms with Crippen molar-refractivity contribution < 1.29 is 22.7 Å². The summed E-state index contributed by atoms with van der Waals surface area (Å²) in [5.74, 6) is -0.706. The zero-order valence-electron chi connectivity index (χ0n) is 18.3. The number of nitrogens with zero attached hydrogens (tertiary/aromatic N) is 3. The monoisotopic (exact) mass is 443 g/mol. The van der Waals surface area contributed by atoms with Crippen LogP contribution in [0, 0.1) is 5.92 Å². The predicted octanol–water partition coefficient (Wildman–Crippen LogP) is 4.50. The van der Waals surface area contributed by atoms with E-state index in [-0.39, 0.29) is 31.0 Å². The highest BCUT2D eigenvalue weighted by Crippen LogP contribution is 2.35. The van der Waals surface area contributed by atoms with E-state index in [1.807, 2.05) is 25.7 Å². The van der Waals surface area contributed by atoms with Crippen LogP contribution >= 0.6 is 0 Å². The zero-order valence-corrected chi connectivity index (χ0v) is 18.3. The van der Waals surface area contributed by atoms with Gasteiger partial charge in [-0.15, -0.1) is 0 Å². The summed E-state index contributed by atoms with van der Waals surface area (Å²) < 4.78 is 43.8. The number of anilines is 2. The van der Waals surface area contributed by atoms with Gasteiger partial charge in [0.1, 0.15) is 5.60 Å². The Kier molecular flexibility index (Phi) is 7.16. The molecule has 3 rings (SSSR count). The predicted molar refractivity (Wildman–Crippen MR) is 112 cm³/mol. The molecule has 2 N–H and O–H groups in total. The van der Waals surface area contributed by atoms with E-state index in [1.165, 1.54) is 0 Å². The van der Waals surface area contributed by atoms with Gasteiger partial charge in [-0.25, -0.2) is 14.8 Å². The Morgan fingerprint density at radius 3 is 2.06 bits per heavy atom. The van der Waals surface area contributed by atoms with Crippen molar-refractivity contribution in [1.82, 2.24) is 15.3 Å². The zero-order chi connectivity index (χ0) is 22.6. The van der Waals surface area contributed by atoms with Crippen LogP contribution < -0.4 is 15.5 Å². The molecule has 1 aliphatic heterocycles. The second-order valence-corrected chi connectivity index (χ2v) is 9.41. The molecule has 0 unspecified atom stereocenters. The second-order valence-electron chi connectivity index (χ2n) is 9.41. The van der Waals surface area contributed by atoms with E-state index in [1.54, 1.807) is 12.4 Å². The third-order valence-electron chi connectivity index (χ3n) is 5.74. The first-order chi connectivity index (χ1) is 14.5. The van der Waals surface area contributed by atoms with Gasteiger partial charge in [0.05, 0.1) is 24.0 Å². The summed E-state index contributed by atoms with van der Waals surface area (Å²) in [6.45, 7) is 6.22. The molecule has 0 atom stereocenters. The Labute approximate surface area is 181 Å². The summed E-state index contributed by atoms with van der Waals surface area (Å²) in [7, 11) is 0. The van der Waals surface area contributed by atoms with Crippen LogP contribution in [0.15, 0.2) is 12.4 Å². The summed E-state index contributed by atoms with van der Waals surface area (Å²) in [5, 5.41) is 6.24. The van der Waals surface area contributed by atoms with Crippen molar-refractivity contribution in [3.8, 4) is 0 Å². The van der Waals surface area contributed by atoms with E-state index in [0.29, 0.717) is 19.0 Å². The fourth-order valence-corrected chi connectivity index (χ4v) is 4.06. The molecule has 0 bridgehead atoms. The molecule has 0 spiro atoms. The normalized spacial score (nSPS) is 23.4. The summed E-state index contributed by atoms with van der Waals surface area (Å²) in [6, 6.07) is 0.306. The van der Waals surface area contributed by atoms with Crippen LogP contribution in [0.25, 0.3) is 0 Å². The van der Waals surface area contributed by atoms with Gasteiger partial charge >= 0.3 is 12.3 Å². The Morgan fingerprint density at radius 1 is 1.00 bits per heavy atom. The lowest BCUT2D eigenvalue weighted by atomic mass is 9.91. The molecule has 31 heavy (non-hydrogen) atoms. The molecule has 2 fully saturated rings. The van der Waals surface area contributed by atoms with Crippen LogP contribution in [0.3, 0.4) is 0 Å². The van der Waals surface area contributed by atoms with Crippen LogP contribution in [0.1, 0.15) is 59.3 Å². The number of nitrogens with one attached hydrogen (secondary N) is 2. The number of hydrogen-bond acceptors (Lipinski definition) is 6. The van der Waals surface area contributed by atoms with Gasteiger partial charge in [-0.1, -0.05) is 0 Å². The molecule has 10 heteroatoms. The van der Waals surface area contributed by atoms with Gasteiger partial charge in [0.15, 0.2) is 0 Å². The average molecular weight is 444 g/mol. The number of alkyl halides is 3. The van der Waals surface area contributed by atoms with E-state index >= 15 is 0 Å². The Morgan fingerprint density at radius 2 is 1.55 bits per heavy atom. The van der Waals surface area contributed by atoms with Crippen molar-refractivity contribution >= 4 is 17.7 Å². The first-order valence-corrected chi connectivity index (χ1v) is 10.9. The van der Waals surface area contributed by atoms with Crippen LogP contribution in [0.2, 0.25) is 0 Å². The maximum atomic E-state index is 12.8. The smallest absolute Gasteiger partial charge is 0.407 e. The number of carbonyl (C=O) groups is 1. The molecule has 2 aliphatic rings. The van der Waals surface area contributed by atoms with Crippen molar-refractivity contribution in [3.05, 3.63) is 12.4 Å². The number of carbonyl (C=O) groups excluding carboxylic acids is 1. The van der Waals surface area contributed by atoms with Gasteiger partial charge in [0, 0.05) is 25.2 Å². The molecule has 7 nitrogen and oxygen atoms in total. The van der Waals surface area contributed by atoms with Crippen LogP contribution in [-0.2, 0) is 4.74 Å². The number of rotatable bonds is 4. The highest BCUT2D eigenvalue weighted by atomic mass is 19.4. The van der Waals surface area contributed by atoms with Crippen molar-refractivity contribution in [1.29, 1.82) is 0 Å². The molecular weight excluding hydrogens is 411 g/mol. The second kappa shape index (κ2) is 9.48. The van der Waals surface area contributed by atoms with E-state index < -0.39 is 17.7 Å². The minimum atomic E-state index is -4.11. The molecule has 1 amide bonds. The number of aromatic nitrogens is 2. The quantitative estimate of drug-likeness (QED) is 0.713. The van der Waals surface area contributed by atoms with Crippen LogP contribution in [0.5, 0.6) is 0 Å². The first-order valence-electron chi connectivity index (χ1n) is 10.9. The minimum absolute atomic E-state index is 0.0934. The summed E-state index contributed by atoms with van der Waals surface area (Å²) in [5.41, 5.74) is 0.233. The standard InChI is InChI=1S/C21H32F3N5O2/c1-20(2,3)31-19(30)28-16-6-4-15(5-7-16)27-18-25-12-17(13-26-18)29-10-8-14(9-11-29)21(22,23)24/h12-16H,4-11H2,1-3H3,(H,28,30)(H,25,26,27). The fourth-order valence-electron chi connectivity index (χ4n) is 4.06. The van der Waals surface area contributed by atoms with Crippen molar-refractivity contribution in [2.24, 2.45) is 5.92 Å². The summed E-state index contributed by atoms with van der Waals surface area (Å²) >= 11 is 0. The molecule has 0 radical (unpaired) electrons. The maximum Gasteiger partial charge on any atom is 0.407 e. The number of ether oxygens (including phenoxy) is 1. The fraction of sp³-hybridized carbons (Fsp3) is 0.762. The third-order valence-corrected chi connectivity index (χ3v) is 5.74. The Bertz CT molecular complexity index is 720. The van der Waals surface area contributed by atoms with E-state index in [2.05, 4.69) is 20.6 Å².